The van der Waals surface area contributed by atoms with E-state index < -0.39 is 5.91 Å². The molecule has 3 N–H and O–H groups in total. The molecule has 0 radical (unpaired) electrons. The van der Waals surface area contributed by atoms with E-state index in [-0.39, 0.29) is 0 Å². The number of aryl methyl sites for hydroxylation is 1. The van der Waals surface area contributed by atoms with E-state index in [0.29, 0.717) is 11.4 Å². The topological polar surface area (TPSA) is 92.8 Å². The predicted molar refractivity (Wildman–Crippen MR) is 134 cm³/mol. The molecule has 0 spiro atoms. The van der Waals surface area contributed by atoms with Gasteiger partial charge in [0.2, 0.25) is 5.91 Å². The van der Waals surface area contributed by atoms with Gasteiger partial charge in [0, 0.05) is 29.2 Å². The molecule has 3 heterocycles. The number of nitrogens with zero attached hydrogens (tertiary/aromatic N) is 4. The normalized spacial score (nSPS) is 14.4. The number of nitrogens with one attached hydrogen (secondary N) is 1. The van der Waals surface area contributed by atoms with Crippen LogP contribution in [0.3, 0.4) is 0 Å². The number of carbonyl (C=O) groups excluding carboxylic acids is 1. The van der Waals surface area contributed by atoms with Crippen molar-refractivity contribution < 1.29 is 4.79 Å². The molecular weight excluding hydrogens is 424 g/mol. The molecule has 0 saturated carbocycles. The van der Waals surface area contributed by atoms with Crippen LogP contribution in [-0.2, 0) is 6.42 Å². The quantitative estimate of drug-likeness (QED) is 0.411. The van der Waals surface area contributed by atoms with Gasteiger partial charge in [0.05, 0.1) is 17.5 Å². The number of imidazole rings is 1. The maximum absolute atomic E-state index is 12.5. The fourth-order valence-corrected chi connectivity index (χ4v) is 4.82. The number of H-pyrrole nitrogens is 1. The maximum Gasteiger partial charge on any atom is 0.249 e. The monoisotopic (exact) mass is 454 g/mol. The first-order valence-electron chi connectivity index (χ1n) is 12.0. The van der Waals surface area contributed by atoms with Gasteiger partial charge >= 0.3 is 0 Å². The number of aromatic nitrogens is 4. The van der Waals surface area contributed by atoms with Crippen molar-refractivity contribution in [3.63, 3.8) is 0 Å². The number of likely N-dealkylation sites (tertiary alicyclic amines) is 1. The molecule has 1 aliphatic rings. The van der Waals surface area contributed by atoms with E-state index in [1.807, 2.05) is 48.7 Å². The van der Waals surface area contributed by atoms with Gasteiger partial charge in [-0.05, 0) is 69.1 Å². The molecule has 0 bridgehead atoms. The molecule has 2 aromatic heterocycles. The van der Waals surface area contributed by atoms with Crippen LogP contribution in [-0.4, -0.2) is 50.2 Å². The smallest absolute Gasteiger partial charge is 0.249 e. The van der Waals surface area contributed by atoms with Crippen molar-refractivity contribution in [2.45, 2.75) is 32.1 Å². The second-order valence-corrected chi connectivity index (χ2v) is 8.85. The van der Waals surface area contributed by atoms with Gasteiger partial charge in [-0.3, -0.25) is 14.5 Å². The number of rotatable bonds is 8. The van der Waals surface area contributed by atoms with Crippen molar-refractivity contribution in [2.75, 3.05) is 19.6 Å². The highest BCUT2D eigenvalue weighted by Crippen LogP contribution is 2.35. The number of benzene rings is 2. The van der Waals surface area contributed by atoms with Crippen LogP contribution in [0.1, 0.15) is 41.7 Å². The molecule has 1 fully saturated rings. The van der Waals surface area contributed by atoms with Crippen LogP contribution >= 0.6 is 0 Å². The van der Waals surface area contributed by atoms with Crippen LogP contribution in [0, 0.1) is 0 Å². The minimum Gasteiger partial charge on any atom is -0.366 e. The van der Waals surface area contributed by atoms with E-state index in [9.17, 15) is 4.79 Å². The Morgan fingerprint density at radius 2 is 1.85 bits per heavy atom. The maximum atomic E-state index is 12.5. The summed E-state index contributed by atoms with van der Waals surface area (Å²) in [5.41, 5.74) is 10.7. The lowest BCUT2D eigenvalue weighted by Crippen LogP contribution is -2.30. The van der Waals surface area contributed by atoms with Crippen molar-refractivity contribution in [3.8, 4) is 28.2 Å². The van der Waals surface area contributed by atoms with Gasteiger partial charge in [-0.25, -0.2) is 4.98 Å². The highest BCUT2D eigenvalue weighted by Gasteiger charge is 2.22. The number of primary amides is 1. The Morgan fingerprint density at radius 3 is 2.59 bits per heavy atom. The lowest BCUT2D eigenvalue weighted by atomic mass is 9.96. The Labute approximate surface area is 199 Å². The largest absolute Gasteiger partial charge is 0.366 e. The molecule has 0 unspecified atom stereocenters. The number of piperidine rings is 1. The zero-order valence-corrected chi connectivity index (χ0v) is 19.3. The molecule has 7 heteroatoms. The van der Waals surface area contributed by atoms with E-state index in [1.165, 1.54) is 32.4 Å². The summed E-state index contributed by atoms with van der Waals surface area (Å²) in [5, 5.41) is 6.97. The Kier molecular flexibility index (Phi) is 6.53. The first kappa shape index (κ1) is 22.1. The average molecular weight is 455 g/mol. The summed E-state index contributed by atoms with van der Waals surface area (Å²) in [6.45, 7) is 3.49. The minimum absolute atomic E-state index is 0.446. The van der Waals surface area contributed by atoms with E-state index in [4.69, 9.17) is 10.7 Å². The standard InChI is InChI=1S/C27H30N6O/c28-26(34)24-13-7-12-23(20-17-29-30-18-20)25(24)27-31-21(9-8-16-32-14-5-2-6-15-32)19-33(27)22-10-3-1-4-11-22/h1,3-4,7,10-13,17-19H,2,5-6,8-9,14-16H2,(H2,28,34)(H,29,30). The third-order valence-corrected chi connectivity index (χ3v) is 6.51. The highest BCUT2D eigenvalue weighted by molar-refractivity contribution is 6.03. The molecule has 1 amide bonds. The second kappa shape index (κ2) is 10.1. The molecule has 1 saturated heterocycles. The number of hydrogen-bond donors (Lipinski definition) is 2. The predicted octanol–water partition coefficient (Wildman–Crippen LogP) is 4.45. The zero-order chi connectivity index (χ0) is 23.3. The van der Waals surface area contributed by atoms with Crippen molar-refractivity contribution in [1.29, 1.82) is 0 Å². The van der Waals surface area contributed by atoms with Crippen LogP contribution in [0.5, 0.6) is 0 Å². The summed E-state index contributed by atoms with van der Waals surface area (Å²) in [6, 6.07) is 15.7. The summed E-state index contributed by atoms with van der Waals surface area (Å²) in [4.78, 5) is 20.1. The van der Waals surface area contributed by atoms with Crippen LogP contribution in [0.25, 0.3) is 28.2 Å². The number of hydrogen-bond acceptors (Lipinski definition) is 4. The van der Waals surface area contributed by atoms with E-state index in [2.05, 4.69) is 25.9 Å². The van der Waals surface area contributed by atoms with E-state index in [0.717, 1.165) is 47.5 Å². The number of amides is 1. The van der Waals surface area contributed by atoms with Crippen molar-refractivity contribution in [2.24, 2.45) is 5.73 Å². The Hall–Kier alpha value is -3.71. The summed E-state index contributed by atoms with van der Waals surface area (Å²) in [7, 11) is 0. The average Bonchev–Trinajstić information content (AvgIpc) is 3.55. The van der Waals surface area contributed by atoms with Crippen molar-refractivity contribution in [1.82, 2.24) is 24.6 Å². The molecule has 4 aromatic rings. The third kappa shape index (κ3) is 4.65. The van der Waals surface area contributed by atoms with Gasteiger partial charge in [0.1, 0.15) is 5.82 Å². The number of para-hydroxylation sites is 1. The molecule has 2 aromatic carbocycles. The van der Waals surface area contributed by atoms with Gasteiger partial charge in [0.15, 0.2) is 0 Å². The molecule has 0 aliphatic carbocycles. The highest BCUT2D eigenvalue weighted by atomic mass is 16.1. The number of carbonyl (C=O) groups is 1. The van der Waals surface area contributed by atoms with Crippen LogP contribution in [0.2, 0.25) is 0 Å². The molecule has 174 valence electrons. The molecule has 0 atom stereocenters. The summed E-state index contributed by atoms with van der Waals surface area (Å²) in [5.74, 6) is 0.236. The van der Waals surface area contributed by atoms with Gasteiger partial charge in [0.25, 0.3) is 0 Å². The SMILES string of the molecule is NC(=O)c1cccc(-c2cn[nH]c2)c1-c1nc(CCCN2CCCCC2)cn1-c1ccccc1. The summed E-state index contributed by atoms with van der Waals surface area (Å²) in [6.07, 6.45) is 11.5. The third-order valence-electron chi connectivity index (χ3n) is 6.51. The number of aromatic amines is 1. The summed E-state index contributed by atoms with van der Waals surface area (Å²) >= 11 is 0. The van der Waals surface area contributed by atoms with E-state index >= 15 is 0 Å². The van der Waals surface area contributed by atoms with Crippen molar-refractivity contribution in [3.05, 3.63) is 78.4 Å². The Balaban J connectivity index is 1.56. The summed E-state index contributed by atoms with van der Waals surface area (Å²) < 4.78 is 2.07. The lowest BCUT2D eigenvalue weighted by molar-refractivity contribution is 0.100. The second-order valence-electron chi connectivity index (χ2n) is 8.85. The van der Waals surface area contributed by atoms with Crippen LogP contribution < -0.4 is 5.73 Å². The van der Waals surface area contributed by atoms with Gasteiger partial charge in [-0.15, -0.1) is 0 Å². The number of nitrogens with two attached hydrogens (primary N) is 1. The fourth-order valence-electron chi connectivity index (χ4n) is 4.82. The molecular formula is C27H30N6O. The molecule has 34 heavy (non-hydrogen) atoms. The minimum atomic E-state index is -0.477. The molecule has 7 nitrogen and oxygen atoms in total. The Morgan fingerprint density at radius 1 is 1.03 bits per heavy atom. The lowest BCUT2D eigenvalue weighted by Gasteiger charge is -2.26. The molecule has 1 aliphatic heterocycles. The van der Waals surface area contributed by atoms with Gasteiger partial charge in [-0.1, -0.05) is 36.8 Å². The van der Waals surface area contributed by atoms with Crippen LogP contribution in [0.15, 0.2) is 67.1 Å². The van der Waals surface area contributed by atoms with Gasteiger partial charge in [-0.2, -0.15) is 5.10 Å². The fraction of sp³-hybridized carbons (Fsp3) is 0.296. The van der Waals surface area contributed by atoms with Gasteiger partial charge < -0.3 is 10.6 Å². The van der Waals surface area contributed by atoms with Crippen molar-refractivity contribution >= 4 is 5.91 Å². The molecule has 5 rings (SSSR count). The van der Waals surface area contributed by atoms with Crippen LogP contribution in [0.4, 0.5) is 0 Å². The van der Waals surface area contributed by atoms with E-state index in [1.54, 1.807) is 12.3 Å². The first-order valence-corrected chi connectivity index (χ1v) is 12.0. The first-order chi connectivity index (χ1) is 16.7. The Bertz CT molecular complexity index is 1240. The zero-order valence-electron chi connectivity index (χ0n) is 19.3.